The van der Waals surface area contributed by atoms with Crippen molar-refractivity contribution < 1.29 is 22.5 Å². The van der Waals surface area contributed by atoms with Gasteiger partial charge in [-0.15, -0.1) is 8.42 Å². The summed E-state index contributed by atoms with van der Waals surface area (Å²) in [7, 11) is -0.0912. The number of ether oxygens (including phenoxy) is 1. The summed E-state index contributed by atoms with van der Waals surface area (Å²) in [6, 6.07) is 12.8. The van der Waals surface area contributed by atoms with Gasteiger partial charge in [-0.05, 0) is 36.4 Å². The molecule has 0 aliphatic rings. The van der Waals surface area contributed by atoms with Crippen molar-refractivity contribution in [1.82, 2.24) is 3.89 Å². The molecule has 7 nitrogen and oxygen atoms in total. The summed E-state index contributed by atoms with van der Waals surface area (Å²) in [6.07, 6.45) is 0. The number of quaternary nitrogens is 1. The first-order chi connectivity index (χ1) is 11.1. The topological polar surface area (TPSA) is 92.7 Å². The Morgan fingerprint density at radius 3 is 2.04 bits per heavy atom. The fraction of sp³-hybridized carbons (Fsp3) is 0.188. The molecule has 2 aromatic carbocycles. The van der Waals surface area contributed by atoms with Crippen molar-refractivity contribution in [2.24, 2.45) is 0 Å². The molecule has 0 bridgehead atoms. The third-order valence-corrected chi connectivity index (χ3v) is 5.04. The molecule has 0 atom stereocenters. The number of nitrogens with zero attached hydrogens (tertiary/aromatic N) is 1. The molecular formula is C16H19N2O5S+. The average molecular weight is 351 g/mol. The van der Waals surface area contributed by atoms with E-state index in [1.54, 1.807) is 31.4 Å². The van der Waals surface area contributed by atoms with Crippen molar-refractivity contribution in [2.75, 3.05) is 26.5 Å². The summed E-state index contributed by atoms with van der Waals surface area (Å²) in [5, 5.41) is 2.73. The zero-order valence-electron chi connectivity index (χ0n) is 13.6. The summed E-state index contributed by atoms with van der Waals surface area (Å²) < 4.78 is 36.4. The van der Waals surface area contributed by atoms with Crippen LogP contribution in [-0.2, 0) is 10.3 Å². The van der Waals surface area contributed by atoms with Gasteiger partial charge in [-0.3, -0.25) is 4.79 Å². The summed E-state index contributed by atoms with van der Waals surface area (Å²) in [6.45, 7) is 0. The normalized spacial score (nSPS) is 11.8. The summed E-state index contributed by atoms with van der Waals surface area (Å²) in [5.41, 5.74) is 1.31. The second-order valence-corrected chi connectivity index (χ2v) is 7.34. The Balaban J connectivity index is 2.16. The predicted octanol–water partition coefficient (Wildman–Crippen LogP) is 2.32. The van der Waals surface area contributed by atoms with Gasteiger partial charge in [0.15, 0.2) is 0 Å². The molecule has 0 unspecified atom stereocenters. The van der Waals surface area contributed by atoms with E-state index in [2.05, 4.69) is 5.32 Å². The van der Waals surface area contributed by atoms with Gasteiger partial charge in [0.2, 0.25) is 0 Å². The summed E-state index contributed by atoms with van der Waals surface area (Å²) in [4.78, 5) is 12.2. The molecule has 2 N–H and O–H groups in total. The molecule has 0 fully saturated rings. The molecule has 1 amide bonds. The highest BCUT2D eigenvalue weighted by Gasteiger charge is 2.33. The maximum absolute atomic E-state index is 12.2. The number of hydrogen-bond acceptors (Lipinski definition) is 4. The molecule has 0 heterocycles. The molecule has 0 saturated carbocycles. The minimum Gasteiger partial charge on any atom is -0.497 e. The number of benzene rings is 2. The molecule has 8 heteroatoms. The molecule has 0 saturated heterocycles. The van der Waals surface area contributed by atoms with Crippen LogP contribution in [0.2, 0.25) is 0 Å². The maximum Gasteiger partial charge on any atom is 0.437 e. The van der Waals surface area contributed by atoms with Crippen LogP contribution in [0.3, 0.4) is 0 Å². The van der Waals surface area contributed by atoms with Crippen molar-refractivity contribution >= 4 is 27.6 Å². The Morgan fingerprint density at radius 1 is 1.04 bits per heavy atom. The van der Waals surface area contributed by atoms with Crippen LogP contribution in [0.4, 0.5) is 11.4 Å². The van der Waals surface area contributed by atoms with E-state index >= 15 is 0 Å². The monoisotopic (exact) mass is 351 g/mol. The van der Waals surface area contributed by atoms with Crippen molar-refractivity contribution in [3.05, 3.63) is 54.1 Å². The van der Waals surface area contributed by atoms with E-state index in [4.69, 9.17) is 4.74 Å². The van der Waals surface area contributed by atoms with Gasteiger partial charge in [0.1, 0.15) is 11.4 Å². The fourth-order valence-electron chi connectivity index (χ4n) is 1.98. The van der Waals surface area contributed by atoms with E-state index in [0.29, 0.717) is 22.7 Å². The van der Waals surface area contributed by atoms with Gasteiger partial charge in [0.05, 0.1) is 21.2 Å². The standard InChI is InChI=1S/C16H18N2O5S/c1-18(2,24(20,21)22)14-8-4-12(5-9-14)16(19)17-13-6-10-15(23-3)11-7-13/h4-11H,1-3H3,(H-,17,19,20,21,22)/p+1. The lowest BCUT2D eigenvalue weighted by Crippen LogP contribution is -2.45. The number of hydrogen-bond donors (Lipinski definition) is 2. The van der Waals surface area contributed by atoms with Crippen LogP contribution in [0, 0.1) is 0 Å². The predicted molar refractivity (Wildman–Crippen MR) is 92.6 cm³/mol. The quantitative estimate of drug-likeness (QED) is 0.637. The van der Waals surface area contributed by atoms with Gasteiger partial charge in [0.25, 0.3) is 5.91 Å². The van der Waals surface area contributed by atoms with Crippen LogP contribution in [0.1, 0.15) is 10.4 Å². The largest absolute Gasteiger partial charge is 0.497 e. The number of rotatable bonds is 5. The molecule has 0 radical (unpaired) electrons. The number of carbonyl (C=O) groups excluding carboxylic acids is 1. The van der Waals surface area contributed by atoms with E-state index in [1.807, 2.05) is 0 Å². The first-order valence-electron chi connectivity index (χ1n) is 7.03. The zero-order valence-corrected chi connectivity index (χ0v) is 14.4. The average Bonchev–Trinajstić information content (AvgIpc) is 2.54. The van der Waals surface area contributed by atoms with Gasteiger partial charge in [-0.1, -0.05) is 0 Å². The lowest BCUT2D eigenvalue weighted by Gasteiger charge is -2.23. The van der Waals surface area contributed by atoms with E-state index in [0.717, 1.165) is 0 Å². The summed E-state index contributed by atoms with van der Waals surface area (Å²) >= 11 is 0. The van der Waals surface area contributed by atoms with Crippen LogP contribution < -0.4 is 13.9 Å². The zero-order chi connectivity index (χ0) is 18.0. The highest BCUT2D eigenvalue weighted by Crippen LogP contribution is 2.23. The Labute approximate surface area is 141 Å². The lowest BCUT2D eigenvalue weighted by atomic mass is 10.2. The van der Waals surface area contributed by atoms with Gasteiger partial charge in [-0.25, -0.2) is 4.55 Å². The SMILES string of the molecule is COc1ccc(NC(=O)c2ccc([N+](C)(C)S(=O)(=O)O)cc2)cc1. The van der Waals surface area contributed by atoms with E-state index < -0.39 is 14.2 Å². The fourth-order valence-corrected chi connectivity index (χ4v) is 2.37. The van der Waals surface area contributed by atoms with E-state index in [1.165, 1.54) is 38.4 Å². The minimum atomic E-state index is -4.32. The number of carbonyl (C=O) groups is 1. The molecule has 24 heavy (non-hydrogen) atoms. The van der Waals surface area contributed by atoms with Crippen LogP contribution in [0.15, 0.2) is 48.5 Å². The number of nitrogens with one attached hydrogen (secondary N) is 1. The van der Waals surface area contributed by atoms with E-state index in [-0.39, 0.29) is 5.91 Å². The smallest absolute Gasteiger partial charge is 0.437 e. The molecule has 0 aliphatic heterocycles. The Kier molecular flexibility index (Phi) is 4.93. The van der Waals surface area contributed by atoms with Gasteiger partial charge >= 0.3 is 10.3 Å². The van der Waals surface area contributed by atoms with Crippen LogP contribution >= 0.6 is 0 Å². The number of anilines is 1. The van der Waals surface area contributed by atoms with Crippen molar-refractivity contribution in [2.45, 2.75) is 0 Å². The first-order valence-corrected chi connectivity index (χ1v) is 8.42. The minimum absolute atomic E-state index is 0.330. The Bertz CT molecular complexity index is 828. The number of amides is 1. The first kappa shape index (κ1) is 17.9. The van der Waals surface area contributed by atoms with Gasteiger partial charge < -0.3 is 10.1 Å². The third kappa shape index (κ3) is 3.73. The van der Waals surface area contributed by atoms with Gasteiger partial charge in [0, 0.05) is 23.4 Å². The molecule has 2 aromatic rings. The molecule has 0 spiro atoms. The highest BCUT2D eigenvalue weighted by molar-refractivity contribution is 7.85. The molecule has 0 aromatic heterocycles. The molecular weight excluding hydrogens is 332 g/mol. The second-order valence-electron chi connectivity index (χ2n) is 5.53. The van der Waals surface area contributed by atoms with E-state index in [9.17, 15) is 17.8 Å². The molecule has 2 rings (SSSR count). The molecule has 0 aliphatic carbocycles. The van der Waals surface area contributed by atoms with Crippen LogP contribution in [0.5, 0.6) is 5.75 Å². The third-order valence-electron chi connectivity index (χ3n) is 3.68. The van der Waals surface area contributed by atoms with Crippen LogP contribution in [-0.4, -0.2) is 40.1 Å². The van der Waals surface area contributed by atoms with Crippen molar-refractivity contribution in [3.63, 3.8) is 0 Å². The van der Waals surface area contributed by atoms with Crippen molar-refractivity contribution in [1.29, 1.82) is 0 Å². The maximum atomic E-state index is 12.2. The Hall–Kier alpha value is -2.42. The highest BCUT2D eigenvalue weighted by atomic mass is 32.2. The second kappa shape index (κ2) is 6.60. The van der Waals surface area contributed by atoms with Crippen molar-refractivity contribution in [3.8, 4) is 5.75 Å². The molecule has 128 valence electrons. The lowest BCUT2D eigenvalue weighted by molar-refractivity contribution is 0.102. The van der Waals surface area contributed by atoms with Crippen LogP contribution in [0.25, 0.3) is 0 Å². The number of methoxy groups -OCH3 is 1. The van der Waals surface area contributed by atoms with Gasteiger partial charge in [-0.2, -0.15) is 3.89 Å². The Morgan fingerprint density at radius 2 is 1.58 bits per heavy atom. The summed E-state index contributed by atoms with van der Waals surface area (Å²) in [5.74, 6) is 0.353.